The summed E-state index contributed by atoms with van der Waals surface area (Å²) in [6.45, 7) is 0. The largest absolute Gasteiger partial charge is 0.309 e. The molecule has 21 aromatic rings. The van der Waals surface area contributed by atoms with Gasteiger partial charge in [0.15, 0.2) is 0 Å². The molecule has 23 rings (SSSR count). The van der Waals surface area contributed by atoms with Crippen molar-refractivity contribution >= 4 is 158 Å². The van der Waals surface area contributed by atoms with Crippen LogP contribution in [-0.2, 0) is 9.13 Å². The van der Waals surface area contributed by atoms with Crippen LogP contribution in [0.2, 0.25) is 0 Å². The number of anilines is 8. The molecule has 0 saturated heterocycles. The molecule has 0 spiro atoms. The quantitative estimate of drug-likeness (QED) is 0.114. The molecule has 0 saturated carbocycles. The monoisotopic (exact) mass is 1500 g/mol. The Kier molecular flexibility index (Phi) is 14.7. The van der Waals surface area contributed by atoms with Gasteiger partial charge in [0.1, 0.15) is 0 Å². The molecule has 2 aliphatic heterocycles. The van der Waals surface area contributed by atoms with E-state index in [-0.39, 0.29) is 0 Å². The molecule has 0 fully saturated rings. The summed E-state index contributed by atoms with van der Waals surface area (Å²) in [6, 6.07) is 145. The number of para-hydroxylation sites is 9. The van der Waals surface area contributed by atoms with Gasteiger partial charge in [-0.05, 0) is 210 Å². The number of rotatable bonds is 12. The van der Waals surface area contributed by atoms with E-state index >= 15 is 9.13 Å². The number of nitrogens with zero attached hydrogens (tertiary/aromatic N) is 8. The number of fused-ring (bicyclic) bond motifs is 15. The number of benzene rings is 17. The van der Waals surface area contributed by atoms with Crippen molar-refractivity contribution in [2.75, 3.05) is 18.7 Å². The average molecular weight is 1500 g/mol. The molecule has 0 bridgehead atoms. The molecule has 0 radical (unpaired) electrons. The summed E-state index contributed by atoms with van der Waals surface area (Å²) >= 11 is 0. The van der Waals surface area contributed by atoms with E-state index in [1.807, 2.05) is 115 Å². The summed E-state index contributed by atoms with van der Waals surface area (Å²) < 4.78 is 52.6. The first-order chi connectivity index (χ1) is 56.3. The highest BCUT2D eigenvalue weighted by molar-refractivity contribution is 7.76. The van der Waals surface area contributed by atoms with Crippen LogP contribution in [0.15, 0.2) is 413 Å². The number of hydrogen-bond donors (Lipinski definition) is 0. The molecule has 17 aromatic carbocycles. The first-order valence-corrected chi connectivity index (χ1v) is 41.8. The summed E-state index contributed by atoms with van der Waals surface area (Å²) in [5.41, 5.74) is 23.6. The minimum atomic E-state index is -3.94. The Hall–Kier alpha value is -14.4. The van der Waals surface area contributed by atoms with Crippen LogP contribution in [0.4, 0.5) is 45.5 Å². The van der Waals surface area contributed by atoms with E-state index in [1.165, 1.54) is 10.8 Å². The fourth-order valence-electron chi connectivity index (χ4n) is 18.5. The zero-order valence-corrected chi connectivity index (χ0v) is 63.3. The third-order valence-corrected chi connectivity index (χ3v) is 29.2. The van der Waals surface area contributed by atoms with Crippen LogP contribution < -0.4 is 29.3 Å². The maximum Gasteiger partial charge on any atom is 0.301 e. The predicted molar refractivity (Wildman–Crippen MR) is 476 cm³/mol. The zero-order valence-electron chi connectivity index (χ0n) is 61.5. The van der Waals surface area contributed by atoms with Crippen molar-refractivity contribution in [1.29, 1.82) is 0 Å². The van der Waals surface area contributed by atoms with Crippen molar-refractivity contribution in [2.45, 2.75) is 0 Å². The molecular formula is C102H68N8O2P2. The van der Waals surface area contributed by atoms with Gasteiger partial charge in [0.2, 0.25) is 0 Å². The highest BCUT2D eigenvalue weighted by Crippen LogP contribution is 2.72. The lowest BCUT2D eigenvalue weighted by molar-refractivity contribution is 0.581. The van der Waals surface area contributed by atoms with Crippen molar-refractivity contribution in [3.05, 3.63) is 413 Å². The van der Waals surface area contributed by atoms with Crippen molar-refractivity contribution < 1.29 is 9.13 Å². The van der Waals surface area contributed by atoms with Crippen LogP contribution in [-0.4, -0.2) is 18.3 Å². The van der Waals surface area contributed by atoms with Crippen LogP contribution in [0, 0.1) is 0 Å². The van der Waals surface area contributed by atoms with E-state index in [0.717, 1.165) is 172 Å². The summed E-state index contributed by atoms with van der Waals surface area (Å²) in [7, 11) is -7.54. The Balaban J connectivity index is 0.666. The summed E-state index contributed by atoms with van der Waals surface area (Å²) in [4.78, 5) is 0. The first-order valence-electron chi connectivity index (χ1n) is 38.6. The van der Waals surface area contributed by atoms with Gasteiger partial charge in [-0.25, -0.2) is 0 Å². The molecular weight excluding hydrogens is 1430 g/mol. The molecule has 538 valence electrons. The second-order valence-corrected chi connectivity index (χ2v) is 34.3. The minimum absolute atomic E-state index is 0.691. The van der Waals surface area contributed by atoms with Crippen molar-refractivity contribution in [3.8, 4) is 45.0 Å². The maximum absolute atomic E-state index is 18.0. The first kappa shape index (κ1) is 65.5. The molecule has 2 atom stereocenters. The molecule has 0 aliphatic carbocycles. The summed E-state index contributed by atoms with van der Waals surface area (Å²) in [6.07, 6.45) is 0. The smallest absolute Gasteiger partial charge is 0.301 e. The fourth-order valence-corrected chi connectivity index (χ4v) is 24.5. The average Bonchev–Trinajstić information content (AvgIpc) is 1.54. The Morgan fingerprint density at radius 1 is 0.167 bits per heavy atom. The standard InChI is InChI=1S/C102H68N8O2P2/c111-113(81-42-20-7-21-43-81)107(75-34-12-3-13-35-75)97-61-54-79(67-99(97)109(113)77-38-16-5-17-39-77)104-91-48-25-24-47-85(91)88-64-71(52-58-94(88)104)72-53-60-96-90(66-72)89-65-70(51-59-95(89)103(96)73-30-8-1-9-31-73)69-29-28-44-82(63-69)114(112)108(76-36-14-4-15-37-76)98-62-55-80(68-100(98)110(114)78-40-18-6-19-41-78)106-93-50-27-23-46-84(93)87-57-56-86-83-45-22-26-49-92(83)105(101(86)102(87)106)74-32-10-2-11-33-74/h1-68H. The number of hydrogen-bond acceptors (Lipinski definition) is 2. The number of aromatic nitrogens is 4. The molecule has 0 N–H and O–H groups in total. The molecule has 2 aliphatic rings. The molecule has 0 amide bonds. The van der Waals surface area contributed by atoms with Crippen LogP contribution in [0.25, 0.3) is 132 Å². The lowest BCUT2D eigenvalue weighted by Crippen LogP contribution is -2.26. The Bertz CT molecular complexity index is 7580. The Morgan fingerprint density at radius 3 is 0.886 bits per heavy atom. The molecule has 12 heteroatoms. The molecule has 4 aromatic heterocycles. The SMILES string of the molecule is O=P1(c2ccccc2)N(c2ccccc2)c2ccc(-n3c4ccccc4c4cc(-c5ccc6c(c5)c5cc(-c7cccc(P8(=O)N(c9ccccc9)c9ccc(-n%10c%11ccccc%11c%11ccc%12c%13ccccc%13n(-c%13ccccc%13)c%12c%11%10)cc9N8c8ccccc8)c7)ccc5n6-c5ccccc5)ccc43)cc2N1c1ccccc1. The van der Waals surface area contributed by atoms with E-state index in [9.17, 15) is 0 Å². The molecule has 6 heterocycles. The Morgan fingerprint density at radius 2 is 0.456 bits per heavy atom. The van der Waals surface area contributed by atoms with Crippen LogP contribution >= 0.6 is 14.9 Å². The second-order valence-electron chi connectivity index (χ2n) is 29.5. The second kappa shape index (κ2) is 25.6. The lowest BCUT2D eigenvalue weighted by atomic mass is 9.99. The van der Waals surface area contributed by atoms with Gasteiger partial charge >= 0.3 is 14.9 Å². The summed E-state index contributed by atoms with van der Waals surface area (Å²) in [5, 5.41) is 10.5. The van der Waals surface area contributed by atoms with Gasteiger partial charge < -0.3 is 18.3 Å². The van der Waals surface area contributed by atoms with Gasteiger partial charge in [-0.1, -0.05) is 224 Å². The van der Waals surface area contributed by atoms with Gasteiger partial charge in [-0.3, -0.25) is 27.8 Å². The third-order valence-electron chi connectivity index (χ3n) is 23.3. The van der Waals surface area contributed by atoms with E-state index in [2.05, 4.69) is 334 Å². The van der Waals surface area contributed by atoms with Crippen LogP contribution in [0.3, 0.4) is 0 Å². The predicted octanol–water partition coefficient (Wildman–Crippen LogP) is 27.0. The minimum Gasteiger partial charge on any atom is -0.309 e. The lowest BCUT2D eigenvalue weighted by Gasteiger charge is -2.33. The Labute approximate surface area is 657 Å². The van der Waals surface area contributed by atoms with Gasteiger partial charge in [-0.2, -0.15) is 0 Å². The normalized spacial score (nSPS) is 15.4. The molecule has 2 unspecified atom stereocenters. The van der Waals surface area contributed by atoms with Crippen LogP contribution in [0.5, 0.6) is 0 Å². The van der Waals surface area contributed by atoms with Crippen molar-refractivity contribution in [3.63, 3.8) is 0 Å². The van der Waals surface area contributed by atoms with Crippen LogP contribution in [0.1, 0.15) is 0 Å². The van der Waals surface area contributed by atoms with Gasteiger partial charge in [0, 0.05) is 88.6 Å². The molecule has 10 nitrogen and oxygen atoms in total. The summed E-state index contributed by atoms with van der Waals surface area (Å²) in [5.74, 6) is 0. The fraction of sp³-hybridized carbons (Fsp3) is 0. The van der Waals surface area contributed by atoms with Gasteiger partial charge in [0.25, 0.3) is 0 Å². The molecule has 114 heavy (non-hydrogen) atoms. The third kappa shape index (κ3) is 9.69. The highest BCUT2D eigenvalue weighted by atomic mass is 31.2. The maximum atomic E-state index is 18.0. The van der Waals surface area contributed by atoms with Gasteiger partial charge in [-0.15, -0.1) is 0 Å². The van der Waals surface area contributed by atoms with Crippen molar-refractivity contribution in [1.82, 2.24) is 18.3 Å². The van der Waals surface area contributed by atoms with E-state index in [1.54, 1.807) is 0 Å². The van der Waals surface area contributed by atoms with Crippen molar-refractivity contribution in [2.24, 2.45) is 0 Å². The topological polar surface area (TPSA) is 66.8 Å². The highest BCUT2D eigenvalue weighted by Gasteiger charge is 2.51. The van der Waals surface area contributed by atoms with E-state index in [4.69, 9.17) is 0 Å². The van der Waals surface area contributed by atoms with Gasteiger partial charge in [0.05, 0.1) is 77.5 Å². The van der Waals surface area contributed by atoms with E-state index < -0.39 is 14.9 Å². The van der Waals surface area contributed by atoms with E-state index in [0.29, 0.717) is 5.30 Å². The zero-order chi connectivity index (χ0) is 75.3.